The molecule has 0 aliphatic heterocycles. The molecule has 0 bridgehead atoms. The van der Waals surface area contributed by atoms with Gasteiger partial charge in [-0.05, 0) is 60.9 Å². The second-order valence-electron chi connectivity index (χ2n) is 8.00. The van der Waals surface area contributed by atoms with E-state index in [0.717, 1.165) is 45.0 Å². The summed E-state index contributed by atoms with van der Waals surface area (Å²) in [7, 11) is 3.00. The van der Waals surface area contributed by atoms with Crippen molar-refractivity contribution in [2.24, 2.45) is 0 Å². The minimum atomic E-state index is -0.363. The average molecular weight is 431 g/mol. The van der Waals surface area contributed by atoms with Crippen molar-refractivity contribution in [2.45, 2.75) is 27.2 Å². The van der Waals surface area contributed by atoms with Crippen LogP contribution in [0.15, 0.2) is 66.7 Å². The van der Waals surface area contributed by atoms with Gasteiger partial charge < -0.3 is 14.2 Å². The summed E-state index contributed by atoms with van der Waals surface area (Å²) in [6.07, 6.45) is 0.725. The Labute approximate surface area is 190 Å². The zero-order valence-corrected chi connectivity index (χ0v) is 19.5. The molecule has 3 aromatic carbocycles. The van der Waals surface area contributed by atoms with Crippen molar-refractivity contribution in [3.8, 4) is 5.75 Å². The lowest BCUT2D eigenvalue weighted by Gasteiger charge is -2.21. The largest absolute Gasteiger partial charge is 0.466 e. The van der Waals surface area contributed by atoms with Crippen molar-refractivity contribution < 1.29 is 19.0 Å². The molecule has 0 aliphatic rings. The Kier molecular flexibility index (Phi) is 7.49. The molecule has 3 aromatic rings. The number of carbonyl (C=O) groups is 1. The Morgan fingerprint density at radius 1 is 0.938 bits per heavy atom. The molecule has 0 N–H and O–H groups in total. The van der Waals surface area contributed by atoms with Crippen LogP contribution >= 0.6 is 0 Å². The minimum absolute atomic E-state index is 0.112. The molecule has 4 heteroatoms. The first-order valence-corrected chi connectivity index (χ1v) is 10.5. The van der Waals surface area contributed by atoms with E-state index in [2.05, 4.69) is 24.8 Å². The summed E-state index contributed by atoms with van der Waals surface area (Å²) in [6, 6.07) is 18.4. The lowest BCUT2D eigenvalue weighted by Crippen LogP contribution is -2.09. The van der Waals surface area contributed by atoms with E-state index in [-0.39, 0.29) is 12.8 Å². The number of hydrogen-bond donors (Lipinski definition) is 0. The molecule has 0 aromatic heterocycles. The highest BCUT2D eigenvalue weighted by Gasteiger charge is 2.23. The van der Waals surface area contributed by atoms with Crippen molar-refractivity contribution in [3.63, 3.8) is 0 Å². The second kappa shape index (κ2) is 10.3. The standard InChI is InChI=1S/C28H30O4/c1-18(2)23-16-24(25(19(3)4)28(29)31-6)22-14-10-13-21(15-20-11-8-7-9-12-20)26(22)27(23)32-17-30-5/h7-14,16H,1,15,17H2,2-6H3. The molecule has 0 aliphatic carbocycles. The fourth-order valence-electron chi connectivity index (χ4n) is 3.96. The van der Waals surface area contributed by atoms with E-state index in [1.165, 1.54) is 12.7 Å². The highest BCUT2D eigenvalue weighted by molar-refractivity contribution is 6.22. The SMILES string of the molecule is C=C(C)c1cc(C(C(=O)OC)=C(C)C)c2cccc(Cc3ccccc3)c2c1OCOC. The highest BCUT2D eigenvalue weighted by Crippen LogP contribution is 2.41. The number of benzene rings is 3. The third-order valence-corrected chi connectivity index (χ3v) is 5.38. The van der Waals surface area contributed by atoms with Crippen LogP contribution in [-0.4, -0.2) is 27.0 Å². The van der Waals surface area contributed by atoms with Crippen molar-refractivity contribution in [1.29, 1.82) is 0 Å². The molecule has 0 saturated carbocycles. The van der Waals surface area contributed by atoms with Crippen LogP contribution in [0.4, 0.5) is 0 Å². The summed E-state index contributed by atoms with van der Waals surface area (Å²) in [5.41, 5.74) is 6.21. The van der Waals surface area contributed by atoms with Gasteiger partial charge in [0.05, 0.1) is 12.7 Å². The Balaban J connectivity index is 2.42. The van der Waals surface area contributed by atoms with Crippen LogP contribution < -0.4 is 4.74 Å². The van der Waals surface area contributed by atoms with Crippen LogP contribution in [0, 0.1) is 0 Å². The number of esters is 1. The fourth-order valence-corrected chi connectivity index (χ4v) is 3.96. The first-order chi connectivity index (χ1) is 15.4. The maximum Gasteiger partial charge on any atom is 0.338 e. The van der Waals surface area contributed by atoms with Gasteiger partial charge in [0.25, 0.3) is 0 Å². The normalized spacial score (nSPS) is 10.7. The van der Waals surface area contributed by atoms with Crippen molar-refractivity contribution in [3.05, 3.63) is 89.0 Å². The van der Waals surface area contributed by atoms with Crippen LogP contribution in [0.5, 0.6) is 5.75 Å². The Hall–Kier alpha value is -3.37. The Bertz CT molecular complexity index is 1170. The number of ether oxygens (including phenoxy) is 3. The molecule has 32 heavy (non-hydrogen) atoms. The second-order valence-corrected chi connectivity index (χ2v) is 8.00. The molecule has 4 nitrogen and oxygen atoms in total. The number of methoxy groups -OCH3 is 2. The Morgan fingerprint density at radius 3 is 2.25 bits per heavy atom. The topological polar surface area (TPSA) is 44.8 Å². The van der Waals surface area contributed by atoms with Crippen LogP contribution in [0.25, 0.3) is 21.9 Å². The van der Waals surface area contributed by atoms with Crippen molar-refractivity contribution in [1.82, 2.24) is 0 Å². The number of allylic oxidation sites excluding steroid dienone is 2. The lowest BCUT2D eigenvalue weighted by atomic mass is 9.87. The minimum Gasteiger partial charge on any atom is -0.466 e. The molecule has 3 rings (SSSR count). The summed E-state index contributed by atoms with van der Waals surface area (Å²) in [5, 5.41) is 1.88. The molecule has 0 radical (unpaired) electrons. The van der Waals surface area contributed by atoms with E-state index in [9.17, 15) is 4.79 Å². The van der Waals surface area contributed by atoms with Gasteiger partial charge in [0.15, 0.2) is 6.79 Å². The van der Waals surface area contributed by atoms with Crippen LogP contribution in [-0.2, 0) is 20.7 Å². The van der Waals surface area contributed by atoms with Crippen LogP contribution in [0.1, 0.15) is 43.0 Å². The van der Waals surface area contributed by atoms with E-state index in [1.807, 2.05) is 57.2 Å². The maximum absolute atomic E-state index is 12.8. The zero-order chi connectivity index (χ0) is 23.3. The number of rotatable bonds is 8. The smallest absolute Gasteiger partial charge is 0.338 e. The number of carbonyl (C=O) groups excluding carboxylic acids is 1. The fraction of sp³-hybridized carbons (Fsp3) is 0.250. The summed E-state index contributed by atoms with van der Waals surface area (Å²) in [4.78, 5) is 12.8. The van der Waals surface area contributed by atoms with E-state index in [1.54, 1.807) is 7.11 Å². The van der Waals surface area contributed by atoms with E-state index < -0.39 is 0 Å². The van der Waals surface area contributed by atoms with Gasteiger partial charge in [0.2, 0.25) is 0 Å². The van der Waals surface area contributed by atoms with E-state index >= 15 is 0 Å². The molecule has 0 saturated heterocycles. The summed E-state index contributed by atoms with van der Waals surface area (Å²) < 4.78 is 16.5. The molecule has 0 heterocycles. The predicted octanol–water partition coefficient (Wildman–Crippen LogP) is 6.41. The first-order valence-electron chi connectivity index (χ1n) is 10.5. The first kappa shape index (κ1) is 23.3. The van der Waals surface area contributed by atoms with Crippen molar-refractivity contribution in [2.75, 3.05) is 21.0 Å². The van der Waals surface area contributed by atoms with Crippen LogP contribution in [0.3, 0.4) is 0 Å². The van der Waals surface area contributed by atoms with E-state index in [4.69, 9.17) is 14.2 Å². The monoisotopic (exact) mass is 430 g/mol. The van der Waals surface area contributed by atoms with Gasteiger partial charge in [-0.15, -0.1) is 0 Å². The molecule has 0 fully saturated rings. The maximum atomic E-state index is 12.8. The third-order valence-electron chi connectivity index (χ3n) is 5.38. The van der Waals surface area contributed by atoms with Gasteiger partial charge in [-0.25, -0.2) is 4.79 Å². The molecular weight excluding hydrogens is 400 g/mol. The summed E-state index contributed by atoms with van der Waals surface area (Å²) in [6.45, 7) is 10.1. The molecule has 0 unspecified atom stereocenters. The molecule has 0 atom stereocenters. The van der Waals surface area contributed by atoms with Gasteiger partial charge >= 0.3 is 5.97 Å². The Morgan fingerprint density at radius 2 is 1.66 bits per heavy atom. The van der Waals surface area contributed by atoms with Gasteiger partial charge in [0, 0.05) is 18.1 Å². The van der Waals surface area contributed by atoms with Crippen LogP contribution in [0.2, 0.25) is 0 Å². The van der Waals surface area contributed by atoms with Gasteiger partial charge in [-0.1, -0.05) is 60.7 Å². The molecule has 0 amide bonds. The van der Waals surface area contributed by atoms with Gasteiger partial charge in [-0.2, -0.15) is 0 Å². The zero-order valence-electron chi connectivity index (χ0n) is 19.5. The molecular formula is C28H30O4. The molecule has 0 spiro atoms. The third kappa shape index (κ3) is 4.76. The number of fused-ring (bicyclic) bond motifs is 1. The van der Waals surface area contributed by atoms with Crippen molar-refractivity contribution >= 4 is 27.9 Å². The van der Waals surface area contributed by atoms with Gasteiger partial charge in [0.1, 0.15) is 5.75 Å². The van der Waals surface area contributed by atoms with E-state index in [0.29, 0.717) is 11.3 Å². The predicted molar refractivity (Wildman–Crippen MR) is 131 cm³/mol. The molecule has 166 valence electrons. The highest BCUT2D eigenvalue weighted by atomic mass is 16.7. The quantitative estimate of drug-likeness (QED) is 0.235. The summed E-state index contributed by atoms with van der Waals surface area (Å²) in [5.74, 6) is 0.348. The summed E-state index contributed by atoms with van der Waals surface area (Å²) >= 11 is 0. The lowest BCUT2D eigenvalue weighted by molar-refractivity contribution is -0.133. The van der Waals surface area contributed by atoms with Gasteiger partial charge in [-0.3, -0.25) is 0 Å². The average Bonchev–Trinajstić information content (AvgIpc) is 2.78. The number of hydrogen-bond acceptors (Lipinski definition) is 4.